The third kappa shape index (κ3) is 2.91. The van der Waals surface area contributed by atoms with E-state index in [0.29, 0.717) is 18.8 Å². The lowest BCUT2D eigenvalue weighted by Crippen LogP contribution is -2.23. The van der Waals surface area contributed by atoms with Crippen LogP contribution in [-0.4, -0.2) is 19.6 Å². The van der Waals surface area contributed by atoms with Crippen molar-refractivity contribution in [2.24, 2.45) is 7.05 Å². The number of allylic oxidation sites excluding steroid dienone is 1. The number of anilines is 1. The quantitative estimate of drug-likeness (QED) is 0.853. The van der Waals surface area contributed by atoms with Crippen molar-refractivity contribution < 1.29 is 0 Å². The maximum absolute atomic E-state index is 11.9. The van der Waals surface area contributed by atoms with Crippen LogP contribution in [0.15, 0.2) is 29.8 Å². The van der Waals surface area contributed by atoms with Crippen LogP contribution in [0.2, 0.25) is 5.02 Å². The molecule has 0 aliphatic rings. The third-order valence-corrected chi connectivity index (χ3v) is 3.24. The fourth-order valence-electron chi connectivity index (χ4n) is 1.85. The van der Waals surface area contributed by atoms with Crippen LogP contribution in [0.1, 0.15) is 11.3 Å². The zero-order chi connectivity index (χ0) is 14.7. The number of hydrogen-bond acceptors (Lipinski definition) is 4. The standard InChI is InChI=1S/C13H16ClN5O/c1-4-5-19-13(20)12(14)11(7-16-19)15-6-10-8-18(3)17-9(10)2/h4,7-8,15H,1,5-6H2,2-3H3. The van der Waals surface area contributed by atoms with E-state index in [4.69, 9.17) is 11.6 Å². The summed E-state index contributed by atoms with van der Waals surface area (Å²) < 4.78 is 3.00. The summed E-state index contributed by atoms with van der Waals surface area (Å²) >= 11 is 6.05. The molecule has 20 heavy (non-hydrogen) atoms. The molecule has 0 saturated heterocycles. The summed E-state index contributed by atoms with van der Waals surface area (Å²) in [6.07, 6.45) is 5.05. The summed E-state index contributed by atoms with van der Waals surface area (Å²) in [6.45, 7) is 6.37. The second-order valence-electron chi connectivity index (χ2n) is 4.42. The van der Waals surface area contributed by atoms with Gasteiger partial charge in [-0.3, -0.25) is 9.48 Å². The summed E-state index contributed by atoms with van der Waals surface area (Å²) in [4.78, 5) is 11.9. The van der Waals surface area contributed by atoms with Crippen LogP contribution in [0.4, 0.5) is 5.69 Å². The predicted molar refractivity (Wildman–Crippen MR) is 79.0 cm³/mol. The van der Waals surface area contributed by atoms with E-state index in [1.807, 2.05) is 20.2 Å². The molecule has 2 aromatic rings. The summed E-state index contributed by atoms with van der Waals surface area (Å²) in [6, 6.07) is 0. The summed E-state index contributed by atoms with van der Waals surface area (Å²) in [5.74, 6) is 0. The summed E-state index contributed by atoms with van der Waals surface area (Å²) in [5, 5.41) is 11.5. The topological polar surface area (TPSA) is 64.7 Å². The monoisotopic (exact) mass is 293 g/mol. The first-order valence-electron chi connectivity index (χ1n) is 6.12. The molecular weight excluding hydrogens is 278 g/mol. The molecule has 0 saturated carbocycles. The Hall–Kier alpha value is -2.08. The van der Waals surface area contributed by atoms with Crippen LogP contribution in [0.3, 0.4) is 0 Å². The van der Waals surface area contributed by atoms with Crippen molar-refractivity contribution in [2.45, 2.75) is 20.0 Å². The van der Waals surface area contributed by atoms with Gasteiger partial charge in [0.05, 0.1) is 24.1 Å². The second kappa shape index (κ2) is 5.92. The van der Waals surface area contributed by atoms with Gasteiger partial charge in [-0.05, 0) is 6.92 Å². The van der Waals surface area contributed by atoms with Gasteiger partial charge in [-0.15, -0.1) is 6.58 Å². The number of halogens is 1. The zero-order valence-electron chi connectivity index (χ0n) is 11.4. The lowest BCUT2D eigenvalue weighted by atomic mass is 10.2. The van der Waals surface area contributed by atoms with E-state index >= 15 is 0 Å². The molecule has 0 spiro atoms. The molecule has 0 unspecified atom stereocenters. The van der Waals surface area contributed by atoms with Crippen molar-refractivity contribution in [3.05, 3.63) is 51.7 Å². The van der Waals surface area contributed by atoms with E-state index in [0.717, 1.165) is 11.3 Å². The normalized spacial score (nSPS) is 10.6. The fraction of sp³-hybridized carbons (Fsp3) is 0.308. The molecule has 1 N–H and O–H groups in total. The first-order chi connectivity index (χ1) is 9.52. The lowest BCUT2D eigenvalue weighted by molar-refractivity contribution is 0.653. The molecule has 2 heterocycles. The Kier molecular flexibility index (Phi) is 4.24. The minimum atomic E-state index is -0.334. The molecule has 0 atom stereocenters. The van der Waals surface area contributed by atoms with Crippen LogP contribution in [0.5, 0.6) is 0 Å². The van der Waals surface area contributed by atoms with Crippen molar-refractivity contribution in [1.82, 2.24) is 19.6 Å². The maximum atomic E-state index is 11.9. The SMILES string of the molecule is C=CCn1ncc(NCc2cn(C)nc2C)c(Cl)c1=O. The van der Waals surface area contributed by atoms with Crippen LogP contribution >= 0.6 is 11.6 Å². The van der Waals surface area contributed by atoms with E-state index in [-0.39, 0.29) is 10.6 Å². The van der Waals surface area contributed by atoms with Gasteiger partial charge in [-0.1, -0.05) is 17.7 Å². The number of nitrogens with zero attached hydrogens (tertiary/aromatic N) is 4. The summed E-state index contributed by atoms with van der Waals surface area (Å²) in [7, 11) is 1.86. The number of aromatic nitrogens is 4. The molecule has 0 aliphatic heterocycles. The van der Waals surface area contributed by atoms with E-state index < -0.39 is 0 Å². The van der Waals surface area contributed by atoms with E-state index in [2.05, 4.69) is 22.1 Å². The van der Waals surface area contributed by atoms with Gasteiger partial charge >= 0.3 is 0 Å². The Labute approximate surface area is 121 Å². The van der Waals surface area contributed by atoms with Crippen LogP contribution < -0.4 is 10.9 Å². The smallest absolute Gasteiger partial charge is 0.287 e. The highest BCUT2D eigenvalue weighted by molar-refractivity contribution is 6.32. The van der Waals surface area contributed by atoms with Gasteiger partial charge in [-0.2, -0.15) is 10.2 Å². The minimum Gasteiger partial charge on any atom is -0.378 e. The predicted octanol–water partition coefficient (Wildman–Crippen LogP) is 1.74. The molecule has 0 bridgehead atoms. The van der Waals surface area contributed by atoms with E-state index in [1.54, 1.807) is 17.0 Å². The van der Waals surface area contributed by atoms with Gasteiger partial charge in [0, 0.05) is 25.4 Å². The van der Waals surface area contributed by atoms with Gasteiger partial charge in [0.1, 0.15) is 5.02 Å². The number of rotatable bonds is 5. The van der Waals surface area contributed by atoms with Crippen LogP contribution in [0.25, 0.3) is 0 Å². The van der Waals surface area contributed by atoms with Crippen molar-refractivity contribution in [3.8, 4) is 0 Å². The average Bonchev–Trinajstić information content (AvgIpc) is 2.73. The number of nitrogens with one attached hydrogen (secondary N) is 1. The molecule has 0 aliphatic carbocycles. The minimum absolute atomic E-state index is 0.128. The number of aryl methyl sites for hydroxylation is 2. The third-order valence-electron chi connectivity index (χ3n) is 2.87. The first kappa shape index (κ1) is 14.3. The molecular formula is C13H16ClN5O. The molecule has 106 valence electrons. The van der Waals surface area contributed by atoms with Crippen molar-refractivity contribution in [3.63, 3.8) is 0 Å². The first-order valence-corrected chi connectivity index (χ1v) is 6.50. The Bertz CT molecular complexity index is 689. The lowest BCUT2D eigenvalue weighted by Gasteiger charge is -2.08. The molecule has 7 heteroatoms. The fourth-order valence-corrected chi connectivity index (χ4v) is 2.07. The van der Waals surface area contributed by atoms with Gasteiger partial charge in [0.25, 0.3) is 5.56 Å². The van der Waals surface area contributed by atoms with Crippen molar-refractivity contribution in [2.75, 3.05) is 5.32 Å². The number of hydrogen-bond donors (Lipinski definition) is 1. The highest BCUT2D eigenvalue weighted by Crippen LogP contribution is 2.17. The van der Waals surface area contributed by atoms with Gasteiger partial charge in [0.2, 0.25) is 0 Å². The average molecular weight is 294 g/mol. The Morgan fingerprint density at radius 2 is 2.30 bits per heavy atom. The molecule has 2 aromatic heterocycles. The molecule has 0 aromatic carbocycles. The Balaban J connectivity index is 2.18. The largest absolute Gasteiger partial charge is 0.378 e. The van der Waals surface area contributed by atoms with Crippen molar-refractivity contribution >= 4 is 17.3 Å². The molecule has 0 fully saturated rings. The maximum Gasteiger partial charge on any atom is 0.287 e. The molecule has 0 amide bonds. The van der Waals surface area contributed by atoms with Gasteiger partial charge < -0.3 is 5.32 Å². The molecule has 0 radical (unpaired) electrons. The van der Waals surface area contributed by atoms with E-state index in [9.17, 15) is 4.79 Å². The summed E-state index contributed by atoms with van der Waals surface area (Å²) in [5.41, 5.74) is 2.16. The molecule has 6 nitrogen and oxygen atoms in total. The highest BCUT2D eigenvalue weighted by atomic mass is 35.5. The van der Waals surface area contributed by atoms with Crippen molar-refractivity contribution in [1.29, 1.82) is 0 Å². The second-order valence-corrected chi connectivity index (χ2v) is 4.79. The Morgan fingerprint density at radius 1 is 1.55 bits per heavy atom. The van der Waals surface area contributed by atoms with Gasteiger partial charge in [0.15, 0.2) is 0 Å². The molecule has 2 rings (SSSR count). The highest BCUT2D eigenvalue weighted by Gasteiger charge is 2.09. The van der Waals surface area contributed by atoms with E-state index in [1.165, 1.54) is 4.68 Å². The van der Waals surface area contributed by atoms with Crippen LogP contribution in [-0.2, 0) is 20.1 Å². The Morgan fingerprint density at radius 3 is 2.90 bits per heavy atom. The van der Waals surface area contributed by atoms with Gasteiger partial charge in [-0.25, -0.2) is 4.68 Å². The van der Waals surface area contributed by atoms with Crippen LogP contribution in [0, 0.1) is 6.92 Å². The zero-order valence-corrected chi connectivity index (χ0v) is 12.2.